The van der Waals surface area contributed by atoms with Crippen LogP contribution in [0.4, 0.5) is 17.6 Å². The number of alkyl halides is 3. The molecule has 1 N–H and O–H groups in total. The third kappa shape index (κ3) is 4.95. The van der Waals surface area contributed by atoms with E-state index in [0.717, 1.165) is 30.5 Å². The predicted molar refractivity (Wildman–Crippen MR) is 97.8 cm³/mol. The van der Waals surface area contributed by atoms with Gasteiger partial charge in [-0.2, -0.15) is 13.2 Å². The fraction of sp³-hybridized carbons (Fsp3) is 0.471. The van der Waals surface area contributed by atoms with Crippen molar-refractivity contribution in [3.05, 3.63) is 41.5 Å². The van der Waals surface area contributed by atoms with E-state index in [-0.39, 0.29) is 31.2 Å². The largest absolute Gasteiger partial charge is 0.435 e. The second-order valence-corrected chi connectivity index (χ2v) is 8.97. The van der Waals surface area contributed by atoms with E-state index in [0.29, 0.717) is 17.5 Å². The molecule has 8 nitrogen and oxygen atoms in total. The molecule has 2 aromatic rings. The van der Waals surface area contributed by atoms with Gasteiger partial charge >= 0.3 is 6.18 Å². The predicted octanol–water partition coefficient (Wildman–Crippen LogP) is 1.83. The van der Waals surface area contributed by atoms with E-state index in [4.69, 9.17) is 0 Å². The second-order valence-electron chi connectivity index (χ2n) is 6.99. The SMILES string of the molecule is CS(=O)(=O)N1CCC(CNC(=O)c2nnn(-c3ccc(F)cc3)c2C(F)(F)F)CC1. The first-order chi connectivity index (χ1) is 14.0. The van der Waals surface area contributed by atoms with Gasteiger partial charge in [-0.3, -0.25) is 4.79 Å². The summed E-state index contributed by atoms with van der Waals surface area (Å²) >= 11 is 0. The Morgan fingerprint density at radius 1 is 1.20 bits per heavy atom. The van der Waals surface area contributed by atoms with Crippen molar-refractivity contribution in [1.82, 2.24) is 24.6 Å². The van der Waals surface area contributed by atoms with Gasteiger partial charge in [0.15, 0.2) is 11.4 Å². The number of carbonyl (C=O) groups is 1. The highest BCUT2D eigenvalue weighted by Gasteiger charge is 2.42. The van der Waals surface area contributed by atoms with Gasteiger partial charge in [0.25, 0.3) is 5.91 Å². The van der Waals surface area contributed by atoms with Gasteiger partial charge in [-0.25, -0.2) is 21.8 Å². The molecule has 1 amide bonds. The van der Waals surface area contributed by atoms with Crippen molar-refractivity contribution in [3.8, 4) is 5.69 Å². The van der Waals surface area contributed by atoms with Crippen molar-refractivity contribution >= 4 is 15.9 Å². The molecule has 3 rings (SSSR count). The number of aromatic nitrogens is 3. The molecule has 0 radical (unpaired) electrons. The number of halogens is 4. The molecule has 0 saturated carbocycles. The Labute approximate surface area is 169 Å². The molecule has 13 heteroatoms. The summed E-state index contributed by atoms with van der Waals surface area (Å²) in [5.41, 5.74) is -2.35. The highest BCUT2D eigenvalue weighted by Crippen LogP contribution is 2.32. The van der Waals surface area contributed by atoms with Crippen LogP contribution < -0.4 is 5.32 Å². The Hall–Kier alpha value is -2.54. The van der Waals surface area contributed by atoms with Crippen molar-refractivity contribution in [2.24, 2.45) is 5.92 Å². The summed E-state index contributed by atoms with van der Waals surface area (Å²) in [4.78, 5) is 12.4. The molecule has 0 bridgehead atoms. The molecule has 0 aliphatic carbocycles. The maximum absolute atomic E-state index is 13.6. The lowest BCUT2D eigenvalue weighted by molar-refractivity contribution is -0.143. The third-order valence-corrected chi connectivity index (χ3v) is 6.12. The summed E-state index contributed by atoms with van der Waals surface area (Å²) in [5.74, 6) is -1.75. The first-order valence-corrected chi connectivity index (χ1v) is 10.8. The lowest BCUT2D eigenvalue weighted by atomic mass is 9.98. The zero-order valence-corrected chi connectivity index (χ0v) is 16.7. The first-order valence-electron chi connectivity index (χ1n) is 8.99. The summed E-state index contributed by atoms with van der Waals surface area (Å²) in [6.07, 6.45) is -2.87. The van der Waals surface area contributed by atoms with Gasteiger partial charge in [-0.1, -0.05) is 5.21 Å². The molecule has 0 atom stereocenters. The van der Waals surface area contributed by atoms with E-state index in [1.807, 2.05) is 0 Å². The van der Waals surface area contributed by atoms with Gasteiger partial charge in [0.2, 0.25) is 10.0 Å². The van der Waals surface area contributed by atoms with Crippen molar-refractivity contribution in [3.63, 3.8) is 0 Å². The fourth-order valence-electron chi connectivity index (χ4n) is 3.22. The zero-order chi connectivity index (χ0) is 22.1. The molecule has 30 heavy (non-hydrogen) atoms. The molecule has 1 aliphatic rings. The van der Waals surface area contributed by atoms with Crippen LogP contribution in [0.5, 0.6) is 0 Å². The van der Waals surface area contributed by atoms with Gasteiger partial charge in [0, 0.05) is 19.6 Å². The maximum Gasteiger partial charge on any atom is 0.435 e. The minimum atomic E-state index is -4.93. The van der Waals surface area contributed by atoms with Crippen LogP contribution in [0.3, 0.4) is 0 Å². The number of sulfonamides is 1. The second kappa shape index (κ2) is 8.30. The van der Waals surface area contributed by atoms with Crippen LogP contribution in [0.25, 0.3) is 5.69 Å². The van der Waals surface area contributed by atoms with Gasteiger partial charge in [-0.15, -0.1) is 5.10 Å². The first kappa shape index (κ1) is 22.2. The smallest absolute Gasteiger partial charge is 0.350 e. The van der Waals surface area contributed by atoms with Crippen molar-refractivity contribution in [2.75, 3.05) is 25.9 Å². The number of nitrogens with zero attached hydrogens (tertiary/aromatic N) is 4. The van der Waals surface area contributed by atoms with Crippen LogP contribution in [0.15, 0.2) is 24.3 Å². The number of nitrogens with one attached hydrogen (secondary N) is 1. The van der Waals surface area contributed by atoms with E-state index in [1.54, 1.807) is 0 Å². The fourth-order valence-corrected chi connectivity index (χ4v) is 4.09. The molecule has 1 saturated heterocycles. The summed E-state index contributed by atoms with van der Waals surface area (Å²) in [5, 5.41) is 9.24. The van der Waals surface area contributed by atoms with E-state index in [2.05, 4.69) is 15.6 Å². The minimum absolute atomic E-state index is 0.0755. The Kier molecular flexibility index (Phi) is 6.13. The van der Waals surface area contributed by atoms with Gasteiger partial charge < -0.3 is 5.32 Å². The monoisotopic (exact) mass is 449 g/mol. The van der Waals surface area contributed by atoms with Crippen LogP contribution >= 0.6 is 0 Å². The normalized spacial score (nSPS) is 16.6. The topological polar surface area (TPSA) is 97.2 Å². The molecule has 0 unspecified atom stereocenters. The molecule has 2 heterocycles. The number of benzene rings is 1. The van der Waals surface area contributed by atoms with E-state index in [9.17, 15) is 30.8 Å². The molecule has 0 spiro atoms. The summed E-state index contributed by atoms with van der Waals surface area (Å²) < 4.78 is 78.7. The average Bonchev–Trinajstić information content (AvgIpc) is 3.12. The minimum Gasteiger partial charge on any atom is -0.350 e. The molecule has 1 fully saturated rings. The van der Waals surface area contributed by atoms with Gasteiger partial charge in [0.05, 0.1) is 11.9 Å². The molecule has 1 aliphatic heterocycles. The zero-order valence-electron chi connectivity index (χ0n) is 15.9. The number of carbonyl (C=O) groups excluding carboxylic acids is 1. The Morgan fingerprint density at radius 3 is 2.33 bits per heavy atom. The summed E-state index contributed by atoms with van der Waals surface area (Å²) in [6, 6.07) is 4.13. The number of amides is 1. The quantitative estimate of drug-likeness (QED) is 0.703. The molecule has 164 valence electrons. The Bertz CT molecular complexity index is 1010. The Balaban J connectivity index is 1.73. The van der Waals surface area contributed by atoms with Gasteiger partial charge in [-0.05, 0) is 43.0 Å². The maximum atomic E-state index is 13.6. The van der Waals surface area contributed by atoms with E-state index in [1.165, 1.54) is 4.31 Å². The molecular formula is C17H19F4N5O3S. The van der Waals surface area contributed by atoms with Crippen LogP contribution in [0, 0.1) is 11.7 Å². The molecular weight excluding hydrogens is 430 g/mol. The lowest BCUT2D eigenvalue weighted by Gasteiger charge is -2.30. The average molecular weight is 449 g/mol. The van der Waals surface area contributed by atoms with Crippen molar-refractivity contribution in [2.45, 2.75) is 19.0 Å². The van der Waals surface area contributed by atoms with E-state index < -0.39 is 39.3 Å². The van der Waals surface area contributed by atoms with E-state index >= 15 is 0 Å². The van der Waals surface area contributed by atoms with Crippen LogP contribution in [0.1, 0.15) is 29.0 Å². The van der Waals surface area contributed by atoms with Crippen LogP contribution in [0.2, 0.25) is 0 Å². The number of rotatable bonds is 5. The standard InChI is InChI=1S/C17H19F4N5O3S/c1-30(28,29)25-8-6-11(7-9-25)10-22-16(27)14-15(17(19,20)21)26(24-23-14)13-4-2-12(18)3-5-13/h2-5,11H,6-10H2,1H3,(H,22,27). The molecule has 1 aromatic heterocycles. The number of hydrogen-bond acceptors (Lipinski definition) is 5. The summed E-state index contributed by atoms with van der Waals surface area (Å²) in [6.45, 7) is 0.652. The lowest BCUT2D eigenvalue weighted by Crippen LogP contribution is -2.41. The third-order valence-electron chi connectivity index (χ3n) is 4.82. The number of piperidine rings is 1. The summed E-state index contributed by atoms with van der Waals surface area (Å²) in [7, 11) is -3.30. The van der Waals surface area contributed by atoms with Crippen molar-refractivity contribution < 1.29 is 30.8 Å². The highest BCUT2D eigenvalue weighted by atomic mass is 32.2. The number of hydrogen-bond donors (Lipinski definition) is 1. The van der Waals surface area contributed by atoms with Crippen molar-refractivity contribution in [1.29, 1.82) is 0 Å². The highest BCUT2D eigenvalue weighted by molar-refractivity contribution is 7.88. The van der Waals surface area contributed by atoms with Gasteiger partial charge in [0.1, 0.15) is 5.82 Å². The van der Waals surface area contributed by atoms with Crippen LogP contribution in [-0.4, -0.2) is 59.5 Å². The molecule has 1 aromatic carbocycles. The van der Waals surface area contributed by atoms with Crippen LogP contribution in [-0.2, 0) is 16.2 Å². The Morgan fingerprint density at radius 2 is 1.80 bits per heavy atom.